The minimum absolute atomic E-state index is 0.0996. The summed E-state index contributed by atoms with van der Waals surface area (Å²) in [6.07, 6.45) is 3.06. The van der Waals surface area contributed by atoms with Crippen molar-refractivity contribution in [1.29, 1.82) is 0 Å². The van der Waals surface area contributed by atoms with Crippen LogP contribution in [0.15, 0.2) is 39.5 Å². The Morgan fingerprint density at radius 1 is 1.32 bits per heavy atom. The number of likely N-dealkylation sites (tertiary alicyclic amines) is 1. The van der Waals surface area contributed by atoms with Gasteiger partial charge in [-0.05, 0) is 24.1 Å². The summed E-state index contributed by atoms with van der Waals surface area (Å²) in [6, 6.07) is 7.94. The van der Waals surface area contributed by atoms with E-state index in [1.165, 1.54) is 0 Å². The van der Waals surface area contributed by atoms with Gasteiger partial charge >= 0.3 is 0 Å². The summed E-state index contributed by atoms with van der Waals surface area (Å²) in [5.41, 5.74) is 1.57. The number of benzene rings is 1. The molecule has 1 aromatic carbocycles. The van der Waals surface area contributed by atoms with Crippen LogP contribution in [-0.4, -0.2) is 49.0 Å². The quantitative estimate of drug-likeness (QED) is 0.599. The molecular weight excluding hydrogens is 424 g/mol. The minimum atomic E-state index is 0.0996. The first kappa shape index (κ1) is 18.8. The Bertz CT molecular complexity index is 965. The molecular formula is C19H21BrN6O2. The van der Waals surface area contributed by atoms with Gasteiger partial charge in [0.15, 0.2) is 11.5 Å². The zero-order valence-electron chi connectivity index (χ0n) is 15.7. The lowest BCUT2D eigenvalue weighted by Gasteiger charge is -2.16. The Morgan fingerprint density at radius 2 is 2.11 bits per heavy atom. The zero-order valence-corrected chi connectivity index (χ0v) is 17.3. The van der Waals surface area contributed by atoms with E-state index in [1.54, 1.807) is 4.68 Å². The average Bonchev–Trinajstić information content (AvgIpc) is 3.42. The second kappa shape index (κ2) is 7.83. The van der Waals surface area contributed by atoms with Crippen LogP contribution in [0.25, 0.3) is 11.6 Å². The molecule has 1 saturated heterocycles. The van der Waals surface area contributed by atoms with Crippen LogP contribution in [0.4, 0.5) is 0 Å². The number of amides is 1. The van der Waals surface area contributed by atoms with E-state index >= 15 is 0 Å². The highest BCUT2D eigenvalue weighted by atomic mass is 79.9. The fourth-order valence-electron chi connectivity index (χ4n) is 3.20. The highest BCUT2D eigenvalue weighted by Crippen LogP contribution is 2.24. The van der Waals surface area contributed by atoms with Gasteiger partial charge in [0.05, 0.1) is 18.7 Å². The molecule has 1 fully saturated rings. The van der Waals surface area contributed by atoms with E-state index < -0.39 is 0 Å². The van der Waals surface area contributed by atoms with Crippen molar-refractivity contribution in [2.75, 3.05) is 13.1 Å². The largest absolute Gasteiger partial charge is 0.340 e. The van der Waals surface area contributed by atoms with Crippen LogP contribution in [-0.2, 0) is 11.2 Å². The summed E-state index contributed by atoms with van der Waals surface area (Å²) in [5.74, 6) is 1.34. The molecule has 28 heavy (non-hydrogen) atoms. The lowest BCUT2D eigenvalue weighted by atomic mass is 10.1. The Labute approximate surface area is 171 Å². The van der Waals surface area contributed by atoms with Gasteiger partial charge in [-0.3, -0.25) is 4.79 Å². The number of hydrogen-bond donors (Lipinski definition) is 0. The van der Waals surface area contributed by atoms with Crippen molar-refractivity contribution in [2.24, 2.45) is 0 Å². The molecule has 3 heterocycles. The first-order valence-corrected chi connectivity index (χ1v) is 10.1. The topological polar surface area (TPSA) is 89.9 Å². The average molecular weight is 445 g/mol. The highest BCUT2D eigenvalue weighted by Gasteiger charge is 2.28. The van der Waals surface area contributed by atoms with Crippen molar-refractivity contribution in [3.05, 3.63) is 46.3 Å². The normalized spacial score (nSPS) is 16.9. The minimum Gasteiger partial charge on any atom is -0.340 e. The molecule has 1 atom stereocenters. The highest BCUT2D eigenvalue weighted by molar-refractivity contribution is 9.10. The number of nitrogens with zero attached hydrogens (tertiary/aromatic N) is 6. The second-order valence-corrected chi connectivity index (χ2v) is 8.20. The van der Waals surface area contributed by atoms with Crippen LogP contribution in [0.5, 0.6) is 0 Å². The fraction of sp³-hybridized carbons (Fsp3) is 0.421. The number of halogens is 1. The number of hydrogen-bond acceptors (Lipinski definition) is 6. The van der Waals surface area contributed by atoms with Crippen LogP contribution in [0.1, 0.15) is 43.6 Å². The number of aromatic nitrogens is 5. The van der Waals surface area contributed by atoms with Crippen molar-refractivity contribution in [2.45, 2.75) is 38.6 Å². The predicted molar refractivity (Wildman–Crippen MR) is 105 cm³/mol. The molecule has 4 rings (SSSR count). The van der Waals surface area contributed by atoms with E-state index in [2.05, 4.69) is 36.4 Å². The molecule has 1 aliphatic heterocycles. The summed E-state index contributed by atoms with van der Waals surface area (Å²) in [4.78, 5) is 18.8. The summed E-state index contributed by atoms with van der Waals surface area (Å²) >= 11 is 3.41. The van der Waals surface area contributed by atoms with Gasteiger partial charge in [0.25, 0.3) is 5.89 Å². The molecule has 0 spiro atoms. The maximum atomic E-state index is 12.6. The van der Waals surface area contributed by atoms with Crippen molar-refractivity contribution < 1.29 is 9.32 Å². The lowest BCUT2D eigenvalue weighted by Crippen LogP contribution is -2.30. The Hall–Kier alpha value is -2.55. The smallest absolute Gasteiger partial charge is 0.280 e. The SMILES string of the molecule is CC(C)c1noc(-c2cn([C@@H]3CCN(C(=O)Cc4ccc(Br)cc4)C3)nn2)n1. The van der Waals surface area contributed by atoms with Crippen LogP contribution in [0.2, 0.25) is 0 Å². The standard InChI is InChI=1S/C19H21BrN6O2/c1-12(2)18-21-19(28-23-18)16-11-26(24-22-16)15-7-8-25(10-15)17(27)9-13-3-5-14(20)6-4-13/h3-6,11-12,15H,7-10H2,1-2H3/t15-/m1/s1. The molecule has 8 nitrogen and oxygen atoms in total. The molecule has 1 amide bonds. The van der Waals surface area contributed by atoms with Gasteiger partial charge in [-0.15, -0.1) is 5.10 Å². The molecule has 3 aromatic rings. The fourth-order valence-corrected chi connectivity index (χ4v) is 3.46. The number of rotatable bonds is 5. The van der Waals surface area contributed by atoms with Crippen LogP contribution in [0.3, 0.4) is 0 Å². The third kappa shape index (κ3) is 3.99. The van der Waals surface area contributed by atoms with Crippen molar-refractivity contribution >= 4 is 21.8 Å². The monoisotopic (exact) mass is 444 g/mol. The maximum Gasteiger partial charge on any atom is 0.280 e. The van der Waals surface area contributed by atoms with Gasteiger partial charge in [-0.25, -0.2) is 4.68 Å². The van der Waals surface area contributed by atoms with Crippen molar-refractivity contribution in [1.82, 2.24) is 30.0 Å². The van der Waals surface area contributed by atoms with Gasteiger partial charge in [-0.1, -0.05) is 52.3 Å². The van der Waals surface area contributed by atoms with Crippen LogP contribution < -0.4 is 0 Å². The molecule has 0 radical (unpaired) electrons. The maximum absolute atomic E-state index is 12.6. The molecule has 2 aromatic heterocycles. The predicted octanol–water partition coefficient (Wildman–Crippen LogP) is 3.23. The van der Waals surface area contributed by atoms with E-state index in [1.807, 2.05) is 49.2 Å². The number of carbonyl (C=O) groups excluding carboxylic acids is 1. The molecule has 146 valence electrons. The Balaban J connectivity index is 1.39. The lowest BCUT2D eigenvalue weighted by molar-refractivity contribution is -0.129. The third-order valence-corrected chi connectivity index (χ3v) is 5.38. The van der Waals surface area contributed by atoms with Crippen LogP contribution >= 0.6 is 15.9 Å². The summed E-state index contributed by atoms with van der Waals surface area (Å²) in [6.45, 7) is 5.35. The van der Waals surface area contributed by atoms with E-state index in [4.69, 9.17) is 4.52 Å². The zero-order chi connectivity index (χ0) is 19.7. The van der Waals surface area contributed by atoms with Crippen molar-refractivity contribution in [3.63, 3.8) is 0 Å². The van der Waals surface area contributed by atoms with E-state index in [-0.39, 0.29) is 17.9 Å². The van der Waals surface area contributed by atoms with Gasteiger partial charge in [0.1, 0.15) is 0 Å². The second-order valence-electron chi connectivity index (χ2n) is 7.28. The Morgan fingerprint density at radius 3 is 2.82 bits per heavy atom. The molecule has 0 saturated carbocycles. The third-order valence-electron chi connectivity index (χ3n) is 4.85. The molecule has 0 aliphatic carbocycles. The number of carbonyl (C=O) groups is 1. The molecule has 0 bridgehead atoms. The molecule has 0 N–H and O–H groups in total. The van der Waals surface area contributed by atoms with Gasteiger partial charge in [-0.2, -0.15) is 4.98 Å². The van der Waals surface area contributed by atoms with E-state index in [0.29, 0.717) is 36.9 Å². The van der Waals surface area contributed by atoms with E-state index in [9.17, 15) is 4.79 Å². The van der Waals surface area contributed by atoms with Crippen LogP contribution in [0, 0.1) is 0 Å². The van der Waals surface area contributed by atoms with Crippen molar-refractivity contribution in [3.8, 4) is 11.6 Å². The van der Waals surface area contributed by atoms with Gasteiger partial charge < -0.3 is 9.42 Å². The van der Waals surface area contributed by atoms with E-state index in [0.717, 1.165) is 16.5 Å². The van der Waals surface area contributed by atoms with Gasteiger partial charge in [0.2, 0.25) is 5.91 Å². The Kier molecular flexibility index (Phi) is 5.25. The first-order chi connectivity index (χ1) is 13.5. The molecule has 1 aliphatic rings. The summed E-state index contributed by atoms with van der Waals surface area (Å²) in [5, 5.41) is 12.3. The summed E-state index contributed by atoms with van der Waals surface area (Å²) < 4.78 is 8.08. The van der Waals surface area contributed by atoms with Gasteiger partial charge in [0, 0.05) is 23.5 Å². The molecule has 0 unspecified atom stereocenters. The summed E-state index contributed by atoms with van der Waals surface area (Å²) in [7, 11) is 0. The molecule has 9 heteroatoms. The first-order valence-electron chi connectivity index (χ1n) is 9.27.